The third-order valence-corrected chi connectivity index (χ3v) is 2.87. The monoisotopic (exact) mass is 221 g/mol. The number of pyridine rings is 1. The zero-order valence-corrected chi connectivity index (χ0v) is 10.1. The number of rotatable bonds is 4. The second-order valence-electron chi connectivity index (χ2n) is 3.92. The maximum atomic E-state index is 11.9. The minimum atomic E-state index is -0.408. The van der Waals surface area contributed by atoms with Gasteiger partial charge in [0.1, 0.15) is 0 Å². The van der Waals surface area contributed by atoms with E-state index in [9.17, 15) is 4.79 Å². The normalized spacial score (nSPS) is 14.2. The number of nitrogens with two attached hydrogens (primary N) is 1. The fraction of sp³-hybridized carbons (Fsp3) is 0.500. The van der Waals surface area contributed by atoms with Crippen LogP contribution in [0.1, 0.15) is 31.9 Å². The molecule has 1 aromatic rings. The highest BCUT2D eigenvalue weighted by atomic mass is 16.2. The summed E-state index contributed by atoms with van der Waals surface area (Å²) in [7, 11) is 1.78. The van der Waals surface area contributed by atoms with E-state index in [4.69, 9.17) is 5.73 Å². The van der Waals surface area contributed by atoms with Gasteiger partial charge >= 0.3 is 0 Å². The van der Waals surface area contributed by atoms with Crippen molar-refractivity contribution in [2.75, 3.05) is 7.05 Å². The molecule has 1 amide bonds. The summed E-state index contributed by atoms with van der Waals surface area (Å²) >= 11 is 0. The molecule has 16 heavy (non-hydrogen) atoms. The first-order valence-electron chi connectivity index (χ1n) is 5.50. The quantitative estimate of drug-likeness (QED) is 0.834. The molecule has 0 aromatic carbocycles. The number of amides is 1. The lowest BCUT2D eigenvalue weighted by molar-refractivity contribution is -0.133. The van der Waals surface area contributed by atoms with Crippen molar-refractivity contribution < 1.29 is 4.79 Å². The average molecular weight is 221 g/mol. The van der Waals surface area contributed by atoms with Crippen molar-refractivity contribution in [3.8, 4) is 0 Å². The van der Waals surface area contributed by atoms with Crippen LogP contribution in [-0.2, 0) is 4.79 Å². The summed E-state index contributed by atoms with van der Waals surface area (Å²) < 4.78 is 0. The van der Waals surface area contributed by atoms with E-state index in [-0.39, 0.29) is 11.9 Å². The molecule has 0 aliphatic heterocycles. The fourth-order valence-corrected chi connectivity index (χ4v) is 1.49. The van der Waals surface area contributed by atoms with Gasteiger partial charge in [0, 0.05) is 19.4 Å². The summed E-state index contributed by atoms with van der Waals surface area (Å²) in [6.45, 7) is 3.89. The molecule has 0 radical (unpaired) electrons. The Morgan fingerprint density at radius 1 is 1.50 bits per heavy atom. The van der Waals surface area contributed by atoms with E-state index in [1.165, 1.54) is 0 Å². The highest BCUT2D eigenvalue weighted by Gasteiger charge is 2.21. The molecule has 0 aliphatic carbocycles. The SMILES string of the molecule is CCC(N)C(=O)N(C)C(C)c1ccncc1. The van der Waals surface area contributed by atoms with Gasteiger partial charge in [-0.25, -0.2) is 0 Å². The van der Waals surface area contributed by atoms with Crippen molar-refractivity contribution in [3.05, 3.63) is 30.1 Å². The molecule has 1 heterocycles. The predicted octanol–water partition coefficient (Wildman–Crippen LogP) is 1.34. The molecule has 4 nitrogen and oxygen atoms in total. The van der Waals surface area contributed by atoms with Crippen LogP contribution in [0.4, 0.5) is 0 Å². The molecule has 0 spiro atoms. The molecule has 4 heteroatoms. The smallest absolute Gasteiger partial charge is 0.239 e. The maximum absolute atomic E-state index is 11.9. The molecule has 0 fully saturated rings. The largest absolute Gasteiger partial charge is 0.338 e. The number of hydrogen-bond acceptors (Lipinski definition) is 3. The topological polar surface area (TPSA) is 59.2 Å². The van der Waals surface area contributed by atoms with E-state index < -0.39 is 6.04 Å². The second-order valence-corrected chi connectivity index (χ2v) is 3.92. The van der Waals surface area contributed by atoms with Crippen LogP contribution in [-0.4, -0.2) is 28.9 Å². The van der Waals surface area contributed by atoms with E-state index in [0.717, 1.165) is 5.56 Å². The Hall–Kier alpha value is -1.42. The van der Waals surface area contributed by atoms with Gasteiger partial charge in [-0.05, 0) is 31.0 Å². The zero-order valence-electron chi connectivity index (χ0n) is 10.1. The summed E-state index contributed by atoms with van der Waals surface area (Å²) in [5.74, 6) is -0.0215. The van der Waals surface area contributed by atoms with Crippen molar-refractivity contribution in [2.45, 2.75) is 32.4 Å². The van der Waals surface area contributed by atoms with E-state index in [2.05, 4.69) is 4.98 Å². The third-order valence-electron chi connectivity index (χ3n) is 2.87. The lowest BCUT2D eigenvalue weighted by atomic mass is 10.1. The number of likely N-dealkylation sites (N-methyl/N-ethyl adjacent to an activating group) is 1. The zero-order chi connectivity index (χ0) is 12.1. The van der Waals surface area contributed by atoms with Crippen LogP contribution in [0.25, 0.3) is 0 Å². The molecule has 0 saturated heterocycles. The first kappa shape index (κ1) is 12.6. The number of aromatic nitrogens is 1. The average Bonchev–Trinajstić information content (AvgIpc) is 2.36. The second kappa shape index (κ2) is 5.61. The standard InChI is InChI=1S/C12H19N3O/c1-4-11(13)12(16)15(3)9(2)10-5-7-14-8-6-10/h5-9,11H,4,13H2,1-3H3. The van der Waals surface area contributed by atoms with Gasteiger partial charge in [0.05, 0.1) is 12.1 Å². The van der Waals surface area contributed by atoms with Crippen LogP contribution in [0.2, 0.25) is 0 Å². The van der Waals surface area contributed by atoms with Gasteiger partial charge < -0.3 is 10.6 Å². The van der Waals surface area contributed by atoms with Crippen molar-refractivity contribution in [1.82, 2.24) is 9.88 Å². The van der Waals surface area contributed by atoms with Gasteiger partial charge in [0.15, 0.2) is 0 Å². The molecular formula is C12H19N3O. The Kier molecular flexibility index (Phi) is 4.43. The lowest BCUT2D eigenvalue weighted by Gasteiger charge is -2.27. The summed E-state index contributed by atoms with van der Waals surface area (Å²) in [5.41, 5.74) is 6.79. The van der Waals surface area contributed by atoms with Gasteiger partial charge in [-0.2, -0.15) is 0 Å². The van der Waals surface area contributed by atoms with E-state index in [1.54, 1.807) is 24.3 Å². The Balaban J connectivity index is 2.75. The van der Waals surface area contributed by atoms with E-state index >= 15 is 0 Å². The minimum Gasteiger partial charge on any atom is -0.338 e. The number of carbonyl (C=O) groups is 1. The van der Waals surface area contributed by atoms with Crippen molar-refractivity contribution in [3.63, 3.8) is 0 Å². The molecule has 0 aliphatic rings. The van der Waals surface area contributed by atoms with Crippen molar-refractivity contribution in [2.24, 2.45) is 5.73 Å². The fourth-order valence-electron chi connectivity index (χ4n) is 1.49. The number of hydrogen-bond donors (Lipinski definition) is 1. The molecule has 88 valence electrons. The Morgan fingerprint density at radius 2 is 2.06 bits per heavy atom. The Bertz CT molecular complexity index is 339. The van der Waals surface area contributed by atoms with Gasteiger partial charge in [-0.15, -0.1) is 0 Å². The highest BCUT2D eigenvalue weighted by molar-refractivity contribution is 5.81. The summed E-state index contributed by atoms with van der Waals surface area (Å²) in [4.78, 5) is 17.5. The minimum absolute atomic E-state index is 0.0214. The molecule has 1 rings (SSSR count). The van der Waals surface area contributed by atoms with Crippen LogP contribution >= 0.6 is 0 Å². The van der Waals surface area contributed by atoms with Crippen LogP contribution in [0.3, 0.4) is 0 Å². The first-order valence-corrected chi connectivity index (χ1v) is 5.50. The third kappa shape index (κ3) is 2.79. The van der Waals surface area contributed by atoms with Crippen molar-refractivity contribution in [1.29, 1.82) is 0 Å². The van der Waals surface area contributed by atoms with Gasteiger partial charge in [0.25, 0.3) is 0 Å². The van der Waals surface area contributed by atoms with Gasteiger partial charge in [-0.1, -0.05) is 6.92 Å². The molecule has 0 saturated carbocycles. The lowest BCUT2D eigenvalue weighted by Crippen LogP contribution is -2.42. The Morgan fingerprint density at radius 3 is 2.56 bits per heavy atom. The molecule has 0 bridgehead atoms. The molecule has 1 aromatic heterocycles. The summed E-state index contributed by atoms with van der Waals surface area (Å²) in [5, 5.41) is 0. The van der Waals surface area contributed by atoms with E-state index in [0.29, 0.717) is 6.42 Å². The van der Waals surface area contributed by atoms with Gasteiger partial charge in [-0.3, -0.25) is 9.78 Å². The van der Waals surface area contributed by atoms with Crippen LogP contribution in [0, 0.1) is 0 Å². The molecular weight excluding hydrogens is 202 g/mol. The molecule has 2 atom stereocenters. The molecule has 2 N–H and O–H groups in total. The Labute approximate surface area is 96.5 Å². The van der Waals surface area contributed by atoms with Gasteiger partial charge in [0.2, 0.25) is 5.91 Å². The van der Waals surface area contributed by atoms with E-state index in [1.807, 2.05) is 26.0 Å². The summed E-state index contributed by atoms with van der Waals surface area (Å²) in [6.07, 6.45) is 4.11. The highest BCUT2D eigenvalue weighted by Crippen LogP contribution is 2.18. The van der Waals surface area contributed by atoms with Crippen molar-refractivity contribution >= 4 is 5.91 Å². The maximum Gasteiger partial charge on any atom is 0.239 e. The predicted molar refractivity (Wildman–Crippen MR) is 63.7 cm³/mol. The first-order chi connectivity index (χ1) is 7.57. The van der Waals surface area contributed by atoms with Crippen LogP contribution in [0.15, 0.2) is 24.5 Å². The van der Waals surface area contributed by atoms with Crippen LogP contribution < -0.4 is 5.73 Å². The molecule has 2 unspecified atom stereocenters. The van der Waals surface area contributed by atoms with Crippen LogP contribution in [0.5, 0.6) is 0 Å². The summed E-state index contributed by atoms with van der Waals surface area (Å²) in [6, 6.07) is 3.43. The number of carbonyl (C=O) groups excluding carboxylic acids is 1. The number of nitrogens with zero attached hydrogens (tertiary/aromatic N) is 2.